The van der Waals surface area contributed by atoms with E-state index in [1.54, 1.807) is 6.07 Å². The molecular weight excluding hydrogens is 255 g/mol. The molecule has 2 nitrogen and oxygen atoms in total. The van der Waals surface area contributed by atoms with Gasteiger partial charge in [0.15, 0.2) is 0 Å². The number of hydrogen-bond donors (Lipinski definition) is 0. The maximum Gasteiger partial charge on any atom is 0.147 e. The average molecular weight is 261 g/mol. The molecule has 3 rings (SSSR count). The van der Waals surface area contributed by atoms with Crippen molar-refractivity contribution in [1.29, 1.82) is 5.26 Å². The fourth-order valence-corrected chi connectivity index (χ4v) is 2.50. The Morgan fingerprint density at radius 1 is 1.18 bits per heavy atom. The molecular formula is C13H6Cl2N2. The monoisotopic (exact) mass is 260 g/mol. The zero-order valence-electron chi connectivity index (χ0n) is 8.67. The van der Waals surface area contributed by atoms with Crippen molar-refractivity contribution in [2.75, 3.05) is 0 Å². The van der Waals surface area contributed by atoms with E-state index in [9.17, 15) is 0 Å². The van der Waals surface area contributed by atoms with Crippen LogP contribution in [0.1, 0.15) is 16.7 Å². The van der Waals surface area contributed by atoms with Gasteiger partial charge in [-0.1, -0.05) is 29.3 Å². The van der Waals surface area contributed by atoms with Crippen molar-refractivity contribution in [1.82, 2.24) is 4.98 Å². The second-order valence-corrected chi connectivity index (χ2v) is 4.72. The summed E-state index contributed by atoms with van der Waals surface area (Å²) < 4.78 is 0. The van der Waals surface area contributed by atoms with E-state index >= 15 is 0 Å². The van der Waals surface area contributed by atoms with Gasteiger partial charge in [-0.2, -0.15) is 5.26 Å². The number of aromatic nitrogens is 1. The molecule has 0 N–H and O–H groups in total. The Balaban J connectivity index is 2.24. The largest absolute Gasteiger partial charge is 0.234 e. The number of rotatable bonds is 0. The second kappa shape index (κ2) is 3.73. The molecule has 1 aromatic carbocycles. The van der Waals surface area contributed by atoms with Crippen LogP contribution in [-0.2, 0) is 6.42 Å². The van der Waals surface area contributed by atoms with Gasteiger partial charge in [-0.15, -0.1) is 0 Å². The van der Waals surface area contributed by atoms with Crippen LogP contribution in [0.4, 0.5) is 0 Å². The van der Waals surface area contributed by atoms with Crippen LogP contribution in [-0.4, -0.2) is 4.98 Å². The highest BCUT2D eigenvalue weighted by Crippen LogP contribution is 2.37. The van der Waals surface area contributed by atoms with Gasteiger partial charge in [-0.25, -0.2) is 4.98 Å². The summed E-state index contributed by atoms with van der Waals surface area (Å²) in [5.74, 6) is 0. The van der Waals surface area contributed by atoms with E-state index < -0.39 is 0 Å². The molecule has 1 aromatic heterocycles. The van der Waals surface area contributed by atoms with Gasteiger partial charge in [-0.3, -0.25) is 0 Å². The van der Waals surface area contributed by atoms with Gasteiger partial charge < -0.3 is 0 Å². The lowest BCUT2D eigenvalue weighted by Crippen LogP contribution is -1.89. The Morgan fingerprint density at radius 2 is 2.00 bits per heavy atom. The summed E-state index contributed by atoms with van der Waals surface area (Å²) in [6.07, 6.45) is 0.754. The van der Waals surface area contributed by atoms with Gasteiger partial charge in [0.2, 0.25) is 0 Å². The van der Waals surface area contributed by atoms with E-state index in [-0.39, 0.29) is 5.15 Å². The quantitative estimate of drug-likeness (QED) is 0.576. The fraction of sp³-hybridized carbons (Fsp3) is 0.0769. The molecule has 0 fully saturated rings. The molecule has 4 heteroatoms. The minimum atomic E-state index is 0.258. The van der Waals surface area contributed by atoms with Crippen LogP contribution < -0.4 is 0 Å². The lowest BCUT2D eigenvalue weighted by Gasteiger charge is -2.01. The first-order chi connectivity index (χ1) is 8.19. The van der Waals surface area contributed by atoms with Crippen LogP contribution in [0, 0.1) is 11.3 Å². The molecule has 0 amide bonds. The van der Waals surface area contributed by atoms with E-state index in [1.165, 1.54) is 0 Å². The van der Waals surface area contributed by atoms with Crippen molar-refractivity contribution in [3.63, 3.8) is 0 Å². The molecule has 1 heterocycles. The normalized spacial score (nSPS) is 11.8. The van der Waals surface area contributed by atoms with Gasteiger partial charge in [-0.05, 0) is 29.3 Å². The van der Waals surface area contributed by atoms with Crippen molar-refractivity contribution in [3.8, 4) is 17.3 Å². The summed E-state index contributed by atoms with van der Waals surface area (Å²) in [4.78, 5) is 4.30. The van der Waals surface area contributed by atoms with Gasteiger partial charge in [0.05, 0.1) is 11.3 Å². The average Bonchev–Trinajstić information content (AvgIpc) is 2.64. The topological polar surface area (TPSA) is 36.7 Å². The van der Waals surface area contributed by atoms with Crippen molar-refractivity contribution in [3.05, 3.63) is 51.1 Å². The number of halogens is 2. The Bertz CT molecular complexity index is 672. The Labute approximate surface area is 108 Å². The molecule has 82 valence electrons. The summed E-state index contributed by atoms with van der Waals surface area (Å²) >= 11 is 11.9. The summed E-state index contributed by atoms with van der Waals surface area (Å²) in [6.45, 7) is 0. The van der Waals surface area contributed by atoms with E-state index in [2.05, 4.69) is 4.98 Å². The number of pyridine rings is 1. The molecule has 17 heavy (non-hydrogen) atoms. The fourth-order valence-electron chi connectivity index (χ4n) is 2.12. The highest BCUT2D eigenvalue weighted by atomic mass is 35.5. The predicted octanol–water partition coefficient (Wildman–Crippen LogP) is 3.83. The first-order valence-corrected chi connectivity index (χ1v) is 5.83. The SMILES string of the molecule is N#Cc1cc2c(nc1Cl)-c1ccc(Cl)cc1C2. The number of nitriles is 1. The lowest BCUT2D eigenvalue weighted by molar-refractivity contribution is 1.22. The number of fused-ring (bicyclic) bond motifs is 3. The smallest absolute Gasteiger partial charge is 0.147 e. The highest BCUT2D eigenvalue weighted by Gasteiger charge is 2.21. The zero-order valence-corrected chi connectivity index (χ0v) is 10.2. The van der Waals surface area contributed by atoms with Crippen molar-refractivity contribution in [2.24, 2.45) is 0 Å². The van der Waals surface area contributed by atoms with Crippen LogP contribution in [0.25, 0.3) is 11.3 Å². The molecule has 0 bridgehead atoms. The van der Waals surface area contributed by atoms with Crippen LogP contribution in [0.3, 0.4) is 0 Å². The van der Waals surface area contributed by atoms with Gasteiger partial charge in [0, 0.05) is 17.0 Å². The third-order valence-corrected chi connectivity index (χ3v) is 3.40. The Morgan fingerprint density at radius 3 is 2.76 bits per heavy atom. The second-order valence-electron chi connectivity index (χ2n) is 3.92. The first kappa shape index (κ1) is 10.6. The third-order valence-electron chi connectivity index (χ3n) is 2.88. The molecule has 1 aliphatic carbocycles. The number of benzene rings is 1. The molecule has 0 saturated carbocycles. The minimum absolute atomic E-state index is 0.258. The maximum absolute atomic E-state index is 8.92. The van der Waals surface area contributed by atoms with E-state index in [0.29, 0.717) is 10.6 Å². The maximum atomic E-state index is 8.92. The van der Waals surface area contributed by atoms with Crippen LogP contribution in [0.5, 0.6) is 0 Å². The molecule has 0 radical (unpaired) electrons. The molecule has 1 aliphatic rings. The van der Waals surface area contributed by atoms with E-state index in [1.807, 2.05) is 24.3 Å². The molecule has 0 saturated heterocycles. The van der Waals surface area contributed by atoms with Crippen LogP contribution >= 0.6 is 23.2 Å². The molecule has 0 unspecified atom stereocenters. The summed E-state index contributed by atoms with van der Waals surface area (Å²) in [5, 5.41) is 9.88. The van der Waals surface area contributed by atoms with Crippen molar-refractivity contribution >= 4 is 23.2 Å². The summed E-state index contributed by atoms with van der Waals surface area (Å²) in [6, 6.07) is 9.56. The first-order valence-electron chi connectivity index (χ1n) is 5.07. The van der Waals surface area contributed by atoms with Gasteiger partial charge in [0.25, 0.3) is 0 Å². The lowest BCUT2D eigenvalue weighted by atomic mass is 10.1. The number of nitrogens with zero attached hydrogens (tertiary/aromatic N) is 2. The molecule has 0 spiro atoms. The standard InChI is InChI=1S/C13H6Cl2N2/c14-10-1-2-11-7(5-10)3-8-4-9(6-16)13(15)17-12(8)11/h1-2,4-5H,3H2. The minimum Gasteiger partial charge on any atom is -0.234 e. The van der Waals surface area contributed by atoms with Crippen molar-refractivity contribution in [2.45, 2.75) is 6.42 Å². The summed E-state index contributed by atoms with van der Waals surface area (Å²) in [7, 11) is 0. The van der Waals surface area contributed by atoms with Crippen LogP contribution in [0.15, 0.2) is 24.3 Å². The predicted molar refractivity (Wildman–Crippen MR) is 67.2 cm³/mol. The zero-order chi connectivity index (χ0) is 12.0. The highest BCUT2D eigenvalue weighted by molar-refractivity contribution is 6.31. The Kier molecular flexibility index (Phi) is 2.32. The Hall–Kier alpha value is -1.56. The summed E-state index contributed by atoms with van der Waals surface area (Å²) in [5.41, 5.74) is 4.50. The number of hydrogen-bond acceptors (Lipinski definition) is 2. The third kappa shape index (κ3) is 1.59. The molecule has 0 aliphatic heterocycles. The van der Waals surface area contributed by atoms with E-state index in [4.69, 9.17) is 28.5 Å². The van der Waals surface area contributed by atoms with Gasteiger partial charge in [0.1, 0.15) is 11.2 Å². The van der Waals surface area contributed by atoms with Crippen LogP contribution in [0.2, 0.25) is 10.2 Å². The molecule has 0 atom stereocenters. The molecule has 2 aromatic rings. The van der Waals surface area contributed by atoms with Crippen molar-refractivity contribution < 1.29 is 0 Å². The van der Waals surface area contributed by atoms with E-state index in [0.717, 1.165) is 28.8 Å². The van der Waals surface area contributed by atoms with Gasteiger partial charge >= 0.3 is 0 Å².